The maximum atomic E-state index is 10.7. The van der Waals surface area contributed by atoms with Gasteiger partial charge in [0.2, 0.25) is 0 Å². The lowest BCUT2D eigenvalue weighted by Crippen LogP contribution is -2.65. The van der Waals surface area contributed by atoms with Crippen molar-refractivity contribution in [3.8, 4) is 0 Å². The molecule has 1 aliphatic rings. The van der Waals surface area contributed by atoms with Gasteiger partial charge < -0.3 is 5.11 Å². The largest absolute Gasteiger partial charge is 0.382 e. The zero-order chi connectivity index (χ0) is 13.6. The second kappa shape index (κ2) is 4.68. The first-order chi connectivity index (χ1) is 8.26. The van der Waals surface area contributed by atoms with Crippen LogP contribution in [0.2, 0.25) is 5.02 Å². The SMILES string of the molecule is CC(C)(C)N1CC(O)(c2ccc(Cl)cc2CCl)C1. The zero-order valence-electron chi connectivity index (χ0n) is 11.0. The van der Waals surface area contributed by atoms with Crippen LogP contribution in [0.4, 0.5) is 0 Å². The van der Waals surface area contributed by atoms with Gasteiger partial charge in [-0.1, -0.05) is 17.7 Å². The van der Waals surface area contributed by atoms with Gasteiger partial charge in [0.25, 0.3) is 0 Å². The highest BCUT2D eigenvalue weighted by Crippen LogP contribution is 2.38. The molecule has 0 unspecified atom stereocenters. The molecule has 1 aromatic rings. The van der Waals surface area contributed by atoms with Crippen LogP contribution in [0.25, 0.3) is 0 Å². The Hall–Kier alpha value is -0.280. The quantitative estimate of drug-likeness (QED) is 0.843. The summed E-state index contributed by atoms with van der Waals surface area (Å²) < 4.78 is 0. The van der Waals surface area contributed by atoms with Crippen molar-refractivity contribution in [1.29, 1.82) is 0 Å². The fourth-order valence-corrected chi connectivity index (χ4v) is 2.77. The molecule has 1 N–H and O–H groups in total. The van der Waals surface area contributed by atoms with Gasteiger partial charge in [0.15, 0.2) is 0 Å². The summed E-state index contributed by atoms with van der Waals surface area (Å²) in [5.74, 6) is 0.369. The van der Waals surface area contributed by atoms with Gasteiger partial charge in [-0.3, -0.25) is 4.90 Å². The van der Waals surface area contributed by atoms with Crippen molar-refractivity contribution in [2.24, 2.45) is 0 Å². The molecule has 1 fully saturated rings. The molecular formula is C14H19Cl2NO. The zero-order valence-corrected chi connectivity index (χ0v) is 12.5. The topological polar surface area (TPSA) is 23.5 Å². The normalized spacial score (nSPS) is 19.7. The van der Waals surface area contributed by atoms with E-state index in [1.807, 2.05) is 18.2 Å². The smallest absolute Gasteiger partial charge is 0.115 e. The predicted molar refractivity (Wildman–Crippen MR) is 76.2 cm³/mol. The van der Waals surface area contributed by atoms with Crippen molar-refractivity contribution in [3.05, 3.63) is 34.3 Å². The number of alkyl halides is 1. The third-order valence-electron chi connectivity index (χ3n) is 3.57. The Morgan fingerprint density at radius 2 is 1.94 bits per heavy atom. The summed E-state index contributed by atoms with van der Waals surface area (Å²) in [7, 11) is 0. The lowest BCUT2D eigenvalue weighted by Gasteiger charge is -2.53. The summed E-state index contributed by atoms with van der Waals surface area (Å²) in [6.45, 7) is 7.73. The van der Waals surface area contributed by atoms with Crippen molar-refractivity contribution >= 4 is 23.2 Å². The van der Waals surface area contributed by atoms with Gasteiger partial charge in [0.1, 0.15) is 5.60 Å². The predicted octanol–water partition coefficient (Wildman–Crippen LogP) is 3.38. The lowest BCUT2D eigenvalue weighted by molar-refractivity contribution is -0.138. The molecule has 0 saturated carbocycles. The molecule has 2 rings (SSSR count). The molecule has 1 heterocycles. The average molecular weight is 288 g/mol. The van der Waals surface area contributed by atoms with E-state index in [0.29, 0.717) is 24.0 Å². The Morgan fingerprint density at radius 3 is 2.44 bits per heavy atom. The molecule has 0 aliphatic carbocycles. The molecule has 0 bridgehead atoms. The first-order valence-corrected chi connectivity index (χ1v) is 7.00. The number of aliphatic hydroxyl groups is 1. The highest BCUT2D eigenvalue weighted by Gasteiger charge is 2.47. The van der Waals surface area contributed by atoms with E-state index in [2.05, 4.69) is 25.7 Å². The van der Waals surface area contributed by atoms with Crippen LogP contribution in [0.5, 0.6) is 0 Å². The van der Waals surface area contributed by atoms with E-state index in [-0.39, 0.29) is 5.54 Å². The third-order valence-corrected chi connectivity index (χ3v) is 4.09. The van der Waals surface area contributed by atoms with Gasteiger partial charge in [0, 0.05) is 29.5 Å². The standard InChI is InChI=1S/C14H19Cl2NO/c1-13(2,3)17-8-14(18,9-17)12-5-4-11(16)6-10(12)7-15/h4-6,18H,7-9H2,1-3H3. The van der Waals surface area contributed by atoms with Crippen molar-refractivity contribution in [1.82, 2.24) is 4.90 Å². The van der Waals surface area contributed by atoms with Gasteiger partial charge in [0.05, 0.1) is 0 Å². The van der Waals surface area contributed by atoms with Crippen LogP contribution < -0.4 is 0 Å². The number of hydrogen-bond donors (Lipinski definition) is 1. The number of β-amino-alcohol motifs (C(OH)–C–C–N with tert-alkyl or cyclic N) is 1. The molecule has 0 radical (unpaired) electrons. The van der Waals surface area contributed by atoms with Crippen LogP contribution in [-0.2, 0) is 11.5 Å². The Bertz CT molecular complexity index is 448. The Morgan fingerprint density at radius 1 is 1.33 bits per heavy atom. The van der Waals surface area contributed by atoms with Crippen LogP contribution in [0.15, 0.2) is 18.2 Å². The first kappa shape index (κ1) is 14.1. The van der Waals surface area contributed by atoms with E-state index < -0.39 is 5.60 Å². The molecule has 0 atom stereocenters. The van der Waals surface area contributed by atoms with Crippen molar-refractivity contribution in [2.45, 2.75) is 37.8 Å². The second-order valence-electron chi connectivity index (χ2n) is 5.99. The second-order valence-corrected chi connectivity index (χ2v) is 6.70. The minimum Gasteiger partial charge on any atom is -0.382 e. The molecular weight excluding hydrogens is 269 g/mol. The Labute approximate surface area is 119 Å². The van der Waals surface area contributed by atoms with Gasteiger partial charge in [-0.25, -0.2) is 0 Å². The maximum Gasteiger partial charge on any atom is 0.115 e. The first-order valence-electron chi connectivity index (χ1n) is 6.08. The van der Waals surface area contributed by atoms with E-state index in [4.69, 9.17) is 23.2 Å². The van der Waals surface area contributed by atoms with Crippen LogP contribution in [0.3, 0.4) is 0 Å². The summed E-state index contributed by atoms with van der Waals surface area (Å²) in [5, 5.41) is 11.3. The van der Waals surface area contributed by atoms with E-state index >= 15 is 0 Å². The van der Waals surface area contributed by atoms with Crippen molar-refractivity contribution < 1.29 is 5.11 Å². The Kier molecular flexibility index (Phi) is 3.67. The van der Waals surface area contributed by atoms with Gasteiger partial charge >= 0.3 is 0 Å². The van der Waals surface area contributed by atoms with Crippen LogP contribution in [-0.4, -0.2) is 28.6 Å². The number of hydrogen-bond acceptors (Lipinski definition) is 2. The van der Waals surface area contributed by atoms with E-state index in [0.717, 1.165) is 11.1 Å². The summed E-state index contributed by atoms with van der Waals surface area (Å²) in [6, 6.07) is 5.53. The van der Waals surface area contributed by atoms with Gasteiger partial charge in [-0.15, -0.1) is 11.6 Å². The number of halogens is 2. The summed E-state index contributed by atoms with van der Waals surface area (Å²) in [5.41, 5.74) is 1.12. The van der Waals surface area contributed by atoms with Gasteiger partial charge in [-0.2, -0.15) is 0 Å². The number of rotatable bonds is 2. The fraction of sp³-hybridized carbons (Fsp3) is 0.571. The van der Waals surface area contributed by atoms with E-state index in [1.54, 1.807) is 0 Å². The molecule has 100 valence electrons. The van der Waals surface area contributed by atoms with E-state index in [9.17, 15) is 5.11 Å². The van der Waals surface area contributed by atoms with Crippen LogP contribution in [0, 0.1) is 0 Å². The van der Waals surface area contributed by atoms with E-state index in [1.165, 1.54) is 0 Å². The summed E-state index contributed by atoms with van der Waals surface area (Å²) >= 11 is 11.9. The number of nitrogens with zero attached hydrogens (tertiary/aromatic N) is 1. The molecule has 1 aromatic carbocycles. The van der Waals surface area contributed by atoms with Crippen molar-refractivity contribution in [3.63, 3.8) is 0 Å². The molecule has 0 spiro atoms. The number of likely N-dealkylation sites (tertiary alicyclic amines) is 1. The Balaban J connectivity index is 2.24. The fourth-order valence-electron chi connectivity index (χ4n) is 2.36. The third kappa shape index (κ3) is 2.53. The molecule has 0 aromatic heterocycles. The highest BCUT2D eigenvalue weighted by atomic mass is 35.5. The average Bonchev–Trinajstić information content (AvgIpc) is 2.23. The molecule has 1 aliphatic heterocycles. The lowest BCUT2D eigenvalue weighted by atomic mass is 9.81. The molecule has 4 heteroatoms. The molecule has 2 nitrogen and oxygen atoms in total. The number of benzene rings is 1. The highest BCUT2D eigenvalue weighted by molar-refractivity contribution is 6.30. The minimum atomic E-state index is -0.790. The van der Waals surface area contributed by atoms with Gasteiger partial charge in [-0.05, 0) is 44.0 Å². The van der Waals surface area contributed by atoms with Crippen molar-refractivity contribution in [2.75, 3.05) is 13.1 Å². The molecule has 18 heavy (non-hydrogen) atoms. The summed E-state index contributed by atoms with van der Waals surface area (Å²) in [4.78, 5) is 2.25. The minimum absolute atomic E-state index is 0.0831. The molecule has 0 amide bonds. The van der Waals surface area contributed by atoms with Crippen LogP contribution in [0.1, 0.15) is 31.9 Å². The van der Waals surface area contributed by atoms with Crippen LogP contribution >= 0.6 is 23.2 Å². The summed E-state index contributed by atoms with van der Waals surface area (Å²) in [6.07, 6.45) is 0. The monoisotopic (exact) mass is 287 g/mol. The molecule has 1 saturated heterocycles. The maximum absolute atomic E-state index is 10.7.